The average molecular weight is 311 g/mol. The summed E-state index contributed by atoms with van der Waals surface area (Å²) < 4.78 is 2.59. The largest absolute Gasteiger partial charge is 0.481 e. The van der Waals surface area contributed by atoms with Gasteiger partial charge in [0.15, 0.2) is 3.95 Å². The van der Waals surface area contributed by atoms with Crippen molar-refractivity contribution in [3.63, 3.8) is 0 Å². The van der Waals surface area contributed by atoms with Gasteiger partial charge >= 0.3 is 5.97 Å². The van der Waals surface area contributed by atoms with E-state index >= 15 is 0 Å². The molecule has 6 heteroatoms. The summed E-state index contributed by atoms with van der Waals surface area (Å²) in [5.74, 6) is -0.789. The molecule has 13 heavy (non-hydrogen) atoms. The molecular weight excluding hydrogens is 302 g/mol. The number of hydrogen-bond donors (Lipinski definition) is 1. The van der Waals surface area contributed by atoms with E-state index < -0.39 is 5.97 Å². The number of aliphatic carboxylic acids is 1. The number of rotatable bonds is 3. The fourth-order valence-corrected chi connectivity index (χ4v) is 2.02. The molecule has 0 fully saturated rings. The van der Waals surface area contributed by atoms with E-state index in [1.807, 2.05) is 16.9 Å². The van der Waals surface area contributed by atoms with Crippen molar-refractivity contribution in [3.8, 4) is 0 Å². The van der Waals surface area contributed by atoms with E-state index in [-0.39, 0.29) is 28.8 Å². The first-order valence-electron chi connectivity index (χ1n) is 3.48. The van der Waals surface area contributed by atoms with Crippen LogP contribution in [0.2, 0.25) is 0 Å². The zero-order valence-corrected chi connectivity index (χ0v) is 10.0. The van der Waals surface area contributed by atoms with Crippen LogP contribution in [0.4, 0.5) is 0 Å². The van der Waals surface area contributed by atoms with Crippen LogP contribution < -0.4 is 0 Å². The Morgan fingerprint density at radius 3 is 2.77 bits per heavy atom. The first kappa shape index (κ1) is 13.1. The van der Waals surface area contributed by atoms with Gasteiger partial charge in [-0.25, -0.2) is 0 Å². The van der Waals surface area contributed by atoms with Gasteiger partial charge in [-0.05, 0) is 19.1 Å². The Kier molecular flexibility index (Phi) is 5.75. The van der Waals surface area contributed by atoms with Gasteiger partial charge in [0.25, 0.3) is 0 Å². The van der Waals surface area contributed by atoms with Gasteiger partial charge in [-0.1, -0.05) is 0 Å². The third-order valence-electron chi connectivity index (χ3n) is 1.53. The van der Waals surface area contributed by atoms with E-state index in [9.17, 15) is 4.79 Å². The Morgan fingerprint density at radius 2 is 2.38 bits per heavy atom. The van der Waals surface area contributed by atoms with Crippen molar-refractivity contribution in [2.45, 2.75) is 19.9 Å². The first-order chi connectivity index (χ1) is 5.61. The van der Waals surface area contributed by atoms with Gasteiger partial charge in [-0.3, -0.25) is 4.79 Å². The van der Waals surface area contributed by atoms with Gasteiger partial charge in [-0.2, -0.15) is 0 Å². The maximum Gasteiger partial charge on any atom is 0.305 e. The van der Waals surface area contributed by atoms with Crippen molar-refractivity contribution in [1.82, 2.24) is 4.57 Å². The molecule has 0 saturated carbocycles. The molecule has 0 aromatic carbocycles. The van der Waals surface area contributed by atoms with Gasteiger partial charge in [0, 0.05) is 40.0 Å². The molecule has 0 bridgehead atoms. The zero-order valence-electron chi connectivity index (χ0n) is 6.91. The third kappa shape index (κ3) is 3.74. The summed E-state index contributed by atoms with van der Waals surface area (Å²) in [5, 5.41) is 10.4. The number of carboxylic acids is 1. The van der Waals surface area contributed by atoms with Crippen LogP contribution in [0, 0.1) is 10.9 Å². The molecule has 0 aliphatic rings. The van der Waals surface area contributed by atoms with Crippen molar-refractivity contribution in [3.05, 3.63) is 15.0 Å². The molecule has 3 nitrogen and oxygen atoms in total. The molecule has 0 saturated heterocycles. The van der Waals surface area contributed by atoms with Crippen molar-refractivity contribution in [2.75, 3.05) is 0 Å². The number of thiazole rings is 1. The second-order valence-electron chi connectivity index (χ2n) is 2.44. The molecule has 0 atom stereocenters. The van der Waals surface area contributed by atoms with Crippen LogP contribution >= 0.6 is 23.6 Å². The maximum atomic E-state index is 10.3. The number of aryl methyl sites for hydroxylation is 1. The van der Waals surface area contributed by atoms with Crippen molar-refractivity contribution in [2.24, 2.45) is 0 Å². The van der Waals surface area contributed by atoms with Crippen LogP contribution in [0.1, 0.15) is 12.1 Å². The standard InChI is InChI=1S/C7H9NO2S2.Ag/c1-5-4-12-7(11)8(5)3-2-6(9)10;/h4H,2-3H2,1H3,(H,9,10);. The smallest absolute Gasteiger partial charge is 0.305 e. The maximum absolute atomic E-state index is 10.3. The zero-order chi connectivity index (χ0) is 9.14. The first-order valence-corrected chi connectivity index (χ1v) is 4.77. The Balaban J connectivity index is 0.00000144. The fourth-order valence-electron chi connectivity index (χ4n) is 0.882. The number of carboxylic acid groups (broad SMARTS) is 1. The minimum atomic E-state index is -0.789. The monoisotopic (exact) mass is 310 g/mol. The van der Waals surface area contributed by atoms with Crippen LogP contribution in [0.25, 0.3) is 0 Å². The van der Waals surface area contributed by atoms with E-state index in [1.165, 1.54) is 11.3 Å². The van der Waals surface area contributed by atoms with Gasteiger partial charge < -0.3 is 9.67 Å². The minimum Gasteiger partial charge on any atom is -0.481 e. The summed E-state index contributed by atoms with van der Waals surface area (Å²) in [6.45, 7) is 2.40. The molecule has 1 aromatic rings. The fraction of sp³-hybridized carbons (Fsp3) is 0.429. The quantitative estimate of drug-likeness (QED) is 0.686. The number of aromatic nitrogens is 1. The van der Waals surface area contributed by atoms with Crippen LogP contribution in [0.3, 0.4) is 0 Å². The number of carbonyl (C=O) groups is 1. The van der Waals surface area contributed by atoms with Crippen LogP contribution in [0.5, 0.6) is 0 Å². The molecule has 1 heterocycles. The molecule has 1 rings (SSSR count). The molecule has 0 unspecified atom stereocenters. The minimum absolute atomic E-state index is 0. The molecule has 0 aliphatic heterocycles. The average Bonchev–Trinajstić information content (AvgIpc) is 2.28. The molecule has 0 amide bonds. The topological polar surface area (TPSA) is 42.2 Å². The van der Waals surface area contributed by atoms with Crippen LogP contribution in [-0.2, 0) is 33.7 Å². The van der Waals surface area contributed by atoms with E-state index in [1.54, 1.807) is 0 Å². The Hall–Kier alpha value is 0.0603. The summed E-state index contributed by atoms with van der Waals surface area (Å²) in [4.78, 5) is 10.3. The molecule has 77 valence electrons. The normalized spacial score (nSPS) is 9.31. The number of nitrogens with zero attached hydrogens (tertiary/aromatic N) is 1. The summed E-state index contributed by atoms with van der Waals surface area (Å²) in [5.41, 5.74) is 1.03. The Bertz CT molecular complexity index is 345. The summed E-state index contributed by atoms with van der Waals surface area (Å²) >= 11 is 6.48. The summed E-state index contributed by atoms with van der Waals surface area (Å²) in [6.07, 6.45) is 0.131. The van der Waals surface area contributed by atoms with Gasteiger partial charge in [0.05, 0.1) is 6.42 Å². The van der Waals surface area contributed by atoms with E-state index in [2.05, 4.69) is 0 Å². The van der Waals surface area contributed by atoms with Crippen molar-refractivity contribution < 1.29 is 32.3 Å². The van der Waals surface area contributed by atoms with Gasteiger partial charge in [0.2, 0.25) is 0 Å². The molecule has 1 radical (unpaired) electrons. The van der Waals surface area contributed by atoms with Crippen LogP contribution in [-0.4, -0.2) is 15.6 Å². The molecule has 0 aliphatic carbocycles. The van der Waals surface area contributed by atoms with Crippen molar-refractivity contribution in [1.29, 1.82) is 0 Å². The van der Waals surface area contributed by atoms with Crippen LogP contribution in [0.15, 0.2) is 5.38 Å². The molecular formula is C7H9AgNO2S2. The number of hydrogen-bond acceptors (Lipinski definition) is 3. The second-order valence-corrected chi connectivity index (χ2v) is 3.94. The van der Waals surface area contributed by atoms with Crippen molar-refractivity contribution >= 4 is 29.5 Å². The Morgan fingerprint density at radius 1 is 1.77 bits per heavy atom. The van der Waals surface area contributed by atoms with E-state index in [4.69, 9.17) is 17.3 Å². The third-order valence-corrected chi connectivity index (χ3v) is 2.92. The second kappa shape index (κ2) is 5.72. The SMILES string of the molecule is Cc1csc(=S)n1CCC(=O)O.[Ag]. The van der Waals surface area contributed by atoms with Gasteiger partial charge in [-0.15, -0.1) is 11.3 Å². The van der Waals surface area contributed by atoms with Gasteiger partial charge in [0.1, 0.15) is 0 Å². The molecule has 1 N–H and O–H groups in total. The predicted molar refractivity (Wildman–Crippen MR) is 50.1 cm³/mol. The van der Waals surface area contributed by atoms with E-state index in [0.717, 1.165) is 9.65 Å². The Labute approximate surface area is 101 Å². The summed E-state index contributed by atoms with van der Waals surface area (Å²) in [6, 6.07) is 0. The predicted octanol–water partition coefficient (Wildman–Crippen LogP) is 2.06. The molecule has 1 aromatic heterocycles. The molecule has 0 spiro atoms. The summed E-state index contributed by atoms with van der Waals surface area (Å²) in [7, 11) is 0. The van der Waals surface area contributed by atoms with E-state index in [0.29, 0.717) is 6.54 Å².